The Morgan fingerprint density at radius 2 is 0.667 bits per heavy atom. The Kier molecular flexibility index (Phi) is 14.7. The molecule has 4 aliphatic rings. The first-order chi connectivity index (χ1) is 41.4. The van der Waals surface area contributed by atoms with Crippen LogP contribution >= 0.6 is 0 Å². The molecule has 14 rings (SSSR count). The van der Waals surface area contributed by atoms with Gasteiger partial charge in [0.15, 0.2) is 0 Å². The van der Waals surface area contributed by atoms with Gasteiger partial charge < -0.3 is 43.0 Å². The van der Waals surface area contributed by atoms with Gasteiger partial charge in [0.05, 0.1) is 13.2 Å². The minimum atomic E-state index is -0.900. The molecule has 0 aromatic heterocycles. The van der Waals surface area contributed by atoms with E-state index in [0.717, 1.165) is 82.8 Å². The molecule has 0 bridgehead atoms. The molecule has 6 unspecified atom stereocenters. The summed E-state index contributed by atoms with van der Waals surface area (Å²) >= 11 is 0. The van der Waals surface area contributed by atoms with E-state index in [-0.39, 0.29) is 37.3 Å². The Labute approximate surface area is 490 Å². The topological polar surface area (TPSA) is 101 Å². The molecule has 0 spiro atoms. The smallest absolute Gasteiger partial charge is 0.127 e. The Hall–Kier alpha value is -9.12. The number of hydrogen-bond donors (Lipinski definition) is 1. The summed E-state index contributed by atoms with van der Waals surface area (Å²) in [5.74, 6) is 6.25. The van der Waals surface area contributed by atoms with E-state index < -0.39 is 16.9 Å². The molecule has 84 heavy (non-hydrogen) atoms. The molecule has 418 valence electrons. The number of ether oxygens (including phenoxy) is 8. The van der Waals surface area contributed by atoms with Gasteiger partial charge in [-0.15, -0.1) is 0 Å². The van der Waals surface area contributed by atoms with E-state index in [1.165, 1.54) is 33.4 Å². The van der Waals surface area contributed by atoms with Crippen molar-refractivity contribution in [3.63, 3.8) is 0 Å². The molecule has 0 amide bonds. The summed E-state index contributed by atoms with van der Waals surface area (Å²) in [5.41, 5.74) is 10.9. The summed E-state index contributed by atoms with van der Waals surface area (Å²) in [6.45, 7) is 2.64. The van der Waals surface area contributed by atoms with Crippen molar-refractivity contribution in [2.45, 2.75) is 53.8 Å². The average molecular weight is 1110 g/mol. The van der Waals surface area contributed by atoms with Gasteiger partial charge in [0.25, 0.3) is 0 Å². The maximum atomic E-state index is 11.4. The first-order valence-electron chi connectivity index (χ1n) is 29.1. The number of hydrogen-bond acceptors (Lipinski definition) is 9. The van der Waals surface area contributed by atoms with Gasteiger partial charge in [0, 0.05) is 22.7 Å². The second kappa shape index (κ2) is 23.3. The highest BCUT2D eigenvalue weighted by Crippen LogP contribution is 2.59. The molecule has 9 heteroatoms. The number of para-hydroxylation sites is 2. The first-order valence-corrected chi connectivity index (χ1v) is 29.1. The lowest BCUT2D eigenvalue weighted by atomic mass is 9.69. The molecule has 6 atom stereocenters. The number of benzene rings is 10. The van der Waals surface area contributed by atoms with Crippen LogP contribution in [0.2, 0.25) is 0 Å². The largest absolute Gasteiger partial charge is 0.491 e. The van der Waals surface area contributed by atoms with Crippen molar-refractivity contribution in [3.05, 3.63) is 310 Å². The van der Waals surface area contributed by atoms with Gasteiger partial charge in [-0.2, -0.15) is 0 Å². The predicted molar refractivity (Wildman–Crippen MR) is 325 cm³/mol. The van der Waals surface area contributed by atoms with Gasteiger partial charge in [-0.25, -0.2) is 0 Å². The molecule has 1 N–H and O–H groups in total. The molecule has 2 fully saturated rings. The van der Waals surface area contributed by atoms with E-state index in [1.807, 2.05) is 84.9 Å². The zero-order chi connectivity index (χ0) is 56.3. The van der Waals surface area contributed by atoms with Gasteiger partial charge in [0.1, 0.15) is 90.7 Å². The van der Waals surface area contributed by atoms with E-state index in [0.29, 0.717) is 24.7 Å². The van der Waals surface area contributed by atoms with E-state index in [1.54, 1.807) is 0 Å². The third-order valence-corrected chi connectivity index (χ3v) is 17.0. The second-order valence-electron chi connectivity index (χ2n) is 22.4. The van der Waals surface area contributed by atoms with Gasteiger partial charge >= 0.3 is 0 Å². The fourth-order valence-corrected chi connectivity index (χ4v) is 12.7. The quantitative estimate of drug-likeness (QED) is 0.0665. The van der Waals surface area contributed by atoms with Crippen molar-refractivity contribution in [2.24, 2.45) is 0 Å². The Morgan fingerprint density at radius 3 is 1.00 bits per heavy atom. The number of rotatable bonds is 22. The van der Waals surface area contributed by atoms with E-state index in [4.69, 9.17) is 37.9 Å². The summed E-state index contributed by atoms with van der Waals surface area (Å²) in [4.78, 5) is 0. The molecule has 2 heterocycles. The third kappa shape index (κ3) is 11.0. The Bertz CT molecular complexity index is 3560. The molecule has 2 saturated heterocycles. The summed E-state index contributed by atoms with van der Waals surface area (Å²) in [6.07, 6.45) is 1.01. The fraction of sp³-hybridized carbons (Fsp3) is 0.200. The van der Waals surface area contributed by atoms with Crippen LogP contribution in [0.1, 0.15) is 80.3 Å². The highest BCUT2D eigenvalue weighted by atomic mass is 16.6. The summed E-state index contributed by atoms with van der Waals surface area (Å²) < 4.78 is 48.7. The van der Waals surface area contributed by atoms with Crippen molar-refractivity contribution >= 4 is 0 Å². The first kappa shape index (κ1) is 52.9. The van der Waals surface area contributed by atoms with Crippen molar-refractivity contribution in [1.29, 1.82) is 0 Å². The maximum Gasteiger partial charge on any atom is 0.127 e. The van der Waals surface area contributed by atoms with Crippen LogP contribution in [-0.2, 0) is 20.3 Å². The van der Waals surface area contributed by atoms with E-state index in [2.05, 4.69) is 170 Å². The minimum absolute atomic E-state index is 0.0448. The monoisotopic (exact) mass is 1110 g/mol. The van der Waals surface area contributed by atoms with Crippen molar-refractivity contribution < 1.29 is 43.0 Å². The maximum absolute atomic E-state index is 11.4. The third-order valence-electron chi connectivity index (χ3n) is 17.0. The van der Waals surface area contributed by atoms with Crippen LogP contribution < -0.4 is 28.4 Å². The molecular weight excluding hydrogens is 1040 g/mol. The molecular formula is C75H64O9. The normalized spacial score (nSPS) is 21.1. The highest BCUT2D eigenvalue weighted by Gasteiger charge is 2.49. The molecule has 2 aliphatic carbocycles. The van der Waals surface area contributed by atoms with E-state index >= 15 is 0 Å². The predicted octanol–water partition coefficient (Wildman–Crippen LogP) is 15.4. The van der Waals surface area contributed by atoms with Crippen LogP contribution in [0, 0.1) is 0 Å². The Balaban J connectivity index is 0.708. The summed E-state index contributed by atoms with van der Waals surface area (Å²) in [7, 11) is 0. The zero-order valence-corrected chi connectivity index (χ0v) is 46.5. The van der Waals surface area contributed by atoms with Gasteiger partial charge in [-0.1, -0.05) is 158 Å². The van der Waals surface area contributed by atoms with Gasteiger partial charge in [0.2, 0.25) is 0 Å². The van der Waals surface area contributed by atoms with E-state index in [9.17, 15) is 5.11 Å². The summed E-state index contributed by atoms with van der Waals surface area (Å²) in [5, 5.41) is 11.4. The van der Waals surface area contributed by atoms with Crippen LogP contribution in [0.25, 0.3) is 0 Å². The van der Waals surface area contributed by atoms with Gasteiger partial charge in [-0.3, -0.25) is 0 Å². The molecule has 10 aromatic rings. The van der Waals surface area contributed by atoms with Crippen molar-refractivity contribution in [1.82, 2.24) is 0 Å². The second-order valence-corrected chi connectivity index (χ2v) is 22.4. The highest BCUT2D eigenvalue weighted by molar-refractivity contribution is 5.64. The number of aliphatic hydroxyl groups is 1. The van der Waals surface area contributed by atoms with Crippen LogP contribution in [0.3, 0.4) is 0 Å². The number of aliphatic hydroxyl groups excluding tert-OH is 1. The average Bonchev–Trinajstić information content (AvgIpc) is 2.26. The minimum Gasteiger partial charge on any atom is -0.491 e. The molecule has 9 nitrogen and oxygen atoms in total. The molecule has 10 aromatic carbocycles. The van der Waals surface area contributed by atoms with Gasteiger partial charge in [-0.05, 0) is 166 Å². The lowest BCUT2D eigenvalue weighted by Gasteiger charge is -2.33. The number of epoxide rings is 2. The van der Waals surface area contributed by atoms with Crippen LogP contribution in [0.5, 0.6) is 46.0 Å². The van der Waals surface area contributed by atoms with Crippen LogP contribution in [0.4, 0.5) is 0 Å². The molecule has 0 radical (unpaired) electrons. The fourth-order valence-electron chi connectivity index (χ4n) is 12.7. The molecule has 2 aliphatic heterocycles. The van der Waals surface area contributed by atoms with Crippen molar-refractivity contribution in [3.8, 4) is 46.0 Å². The standard InChI is InChI=1S/C75H64O9/c76-57(45-77-58-29-21-53(22-30-58)74(55-25-33-60(34-26-55)79-47-66-49-81-66)43-70(51-13-5-1-6-14-51)68-41-64(37-39-72(68)74)83-62-17-9-3-10-18-62)46-78-59-31-23-54(24-32-59)75(56-27-35-61(36-28-56)80-48-67-50-82-67)44-71(52-15-7-2-8-16-52)69-42-65(38-40-73(69)75)84-63-19-11-4-12-20-63/h1-42,57,66-67,70-71,76H,43-50H2. The SMILES string of the molecule is OC(COc1ccc(C2(c3ccc(OCC4CO4)cc3)CC(c3ccccc3)c3cc(Oc4ccccc4)ccc32)cc1)COc1ccc(C2(c3ccc(OCC4CO4)cc3)CC(c3ccccc3)c3cc(Oc4ccccc4)ccc32)cc1. The summed E-state index contributed by atoms with van der Waals surface area (Å²) in [6, 6.07) is 88.3. The lowest BCUT2D eigenvalue weighted by Crippen LogP contribution is -2.27. The lowest BCUT2D eigenvalue weighted by molar-refractivity contribution is 0.0626. The Morgan fingerprint density at radius 1 is 0.357 bits per heavy atom. The van der Waals surface area contributed by atoms with Crippen LogP contribution in [-0.4, -0.2) is 63.1 Å². The zero-order valence-electron chi connectivity index (χ0n) is 46.5. The number of fused-ring (bicyclic) bond motifs is 2. The van der Waals surface area contributed by atoms with Crippen LogP contribution in [0.15, 0.2) is 255 Å². The molecule has 0 saturated carbocycles. The van der Waals surface area contributed by atoms with Crippen molar-refractivity contribution in [2.75, 3.05) is 39.6 Å².